The van der Waals surface area contributed by atoms with E-state index in [9.17, 15) is 0 Å². The smallest absolute Gasteiger partial charge is 0.107 e. The van der Waals surface area contributed by atoms with E-state index in [0.29, 0.717) is 32.3 Å². The molecule has 0 N–H and O–H groups in total. The van der Waals surface area contributed by atoms with Crippen LogP contribution in [0.1, 0.15) is 12.8 Å². The number of hydrogen-bond donors (Lipinski definition) is 0. The molecule has 3 aliphatic rings. The van der Waals surface area contributed by atoms with E-state index in [1.165, 1.54) is 12.8 Å². The molecule has 21 heavy (non-hydrogen) atoms. The van der Waals surface area contributed by atoms with Crippen molar-refractivity contribution in [3.05, 3.63) is 12.2 Å². The molecule has 1 aliphatic heterocycles. The van der Waals surface area contributed by atoms with Gasteiger partial charge in [-0.25, -0.2) is 0 Å². The summed E-state index contributed by atoms with van der Waals surface area (Å²) in [5, 5.41) is 0. The number of rotatable bonds is 10. The largest absolute Gasteiger partial charge is 0.378 e. The van der Waals surface area contributed by atoms with Crippen LogP contribution in [-0.2, 0) is 18.9 Å². The van der Waals surface area contributed by atoms with Gasteiger partial charge in [0, 0.05) is 0 Å². The van der Waals surface area contributed by atoms with Gasteiger partial charge in [-0.1, -0.05) is 18.1 Å². The summed E-state index contributed by atoms with van der Waals surface area (Å²) < 4.78 is 22.2. The fraction of sp³-hybridized carbons (Fsp3) is 0.765. The van der Waals surface area contributed by atoms with E-state index in [4.69, 9.17) is 25.4 Å². The van der Waals surface area contributed by atoms with Gasteiger partial charge in [0.25, 0.3) is 0 Å². The molecule has 3 rings (SSSR count). The van der Waals surface area contributed by atoms with Crippen LogP contribution in [0.25, 0.3) is 0 Å². The van der Waals surface area contributed by atoms with Crippen LogP contribution in [0.15, 0.2) is 12.2 Å². The normalized spacial score (nSPS) is 34.0. The summed E-state index contributed by atoms with van der Waals surface area (Å²) >= 11 is 0. The fourth-order valence-corrected chi connectivity index (χ4v) is 3.24. The van der Waals surface area contributed by atoms with Crippen molar-refractivity contribution in [2.75, 3.05) is 39.6 Å². The van der Waals surface area contributed by atoms with Gasteiger partial charge in [0.05, 0.1) is 33.0 Å². The topological polar surface area (TPSA) is 40.2 Å². The number of epoxide rings is 1. The highest BCUT2D eigenvalue weighted by atomic mass is 16.6. The molecule has 2 bridgehead atoms. The maximum Gasteiger partial charge on any atom is 0.107 e. The molecule has 0 aromatic carbocycles. The lowest BCUT2D eigenvalue weighted by molar-refractivity contribution is -0.0646. The zero-order valence-electron chi connectivity index (χ0n) is 12.4. The van der Waals surface area contributed by atoms with Gasteiger partial charge in [0.1, 0.15) is 18.8 Å². The molecule has 1 saturated carbocycles. The monoisotopic (exact) mass is 292 g/mol. The van der Waals surface area contributed by atoms with Gasteiger partial charge < -0.3 is 18.9 Å². The Balaban J connectivity index is 1.34. The second-order valence-corrected chi connectivity index (χ2v) is 6.21. The highest BCUT2D eigenvalue weighted by Gasteiger charge is 2.35. The molecule has 0 aromatic heterocycles. The third kappa shape index (κ3) is 4.55. The molecule has 116 valence electrons. The van der Waals surface area contributed by atoms with Crippen LogP contribution in [0.4, 0.5) is 0 Å². The van der Waals surface area contributed by atoms with E-state index in [-0.39, 0.29) is 12.2 Å². The number of fused-ring (bicyclic) bond motifs is 2. The first-order valence-corrected chi connectivity index (χ1v) is 7.85. The van der Waals surface area contributed by atoms with Crippen molar-refractivity contribution in [3.8, 4) is 12.3 Å². The molecule has 2 aliphatic carbocycles. The van der Waals surface area contributed by atoms with E-state index in [1.807, 2.05) is 0 Å². The molecule has 1 saturated heterocycles. The van der Waals surface area contributed by atoms with Gasteiger partial charge >= 0.3 is 0 Å². The molecular formula is C17H24O4. The molecule has 5 atom stereocenters. The van der Waals surface area contributed by atoms with Gasteiger partial charge in [-0.3, -0.25) is 0 Å². The minimum atomic E-state index is -0.0586. The van der Waals surface area contributed by atoms with Gasteiger partial charge in [-0.15, -0.1) is 6.42 Å². The lowest BCUT2D eigenvalue weighted by Crippen LogP contribution is -2.29. The summed E-state index contributed by atoms with van der Waals surface area (Å²) in [6, 6.07) is 0. The summed E-state index contributed by atoms with van der Waals surface area (Å²) in [6.07, 6.45) is 12.7. The minimum Gasteiger partial charge on any atom is -0.378 e. The minimum absolute atomic E-state index is 0.0586. The zero-order valence-corrected chi connectivity index (χ0v) is 12.4. The average molecular weight is 292 g/mol. The number of terminal acetylenes is 1. The van der Waals surface area contributed by atoms with Gasteiger partial charge in [0.15, 0.2) is 0 Å². The Morgan fingerprint density at radius 1 is 1.19 bits per heavy atom. The van der Waals surface area contributed by atoms with Gasteiger partial charge in [-0.2, -0.15) is 0 Å². The third-order valence-corrected chi connectivity index (χ3v) is 4.46. The van der Waals surface area contributed by atoms with E-state index in [0.717, 1.165) is 25.0 Å². The van der Waals surface area contributed by atoms with Crippen molar-refractivity contribution >= 4 is 0 Å². The molecule has 0 aromatic rings. The molecule has 0 amide bonds. The molecule has 4 nitrogen and oxygen atoms in total. The first kappa shape index (κ1) is 15.1. The Kier molecular flexibility index (Phi) is 5.32. The van der Waals surface area contributed by atoms with Gasteiger partial charge in [-0.05, 0) is 30.6 Å². The molecule has 2 fully saturated rings. The number of ether oxygens (including phenoxy) is 4. The van der Waals surface area contributed by atoms with E-state index >= 15 is 0 Å². The maximum atomic E-state index is 5.88. The summed E-state index contributed by atoms with van der Waals surface area (Å²) in [6.45, 7) is 3.60. The predicted octanol–water partition coefficient (Wildman–Crippen LogP) is 1.65. The van der Waals surface area contributed by atoms with Crippen LogP contribution in [0.3, 0.4) is 0 Å². The van der Waals surface area contributed by atoms with Crippen LogP contribution in [0, 0.1) is 30.1 Å². The second kappa shape index (κ2) is 7.42. The molecule has 1 heterocycles. The van der Waals surface area contributed by atoms with Crippen molar-refractivity contribution in [3.63, 3.8) is 0 Å². The standard InChI is InChI=1S/C17H24O4/c1-2-5-18-9-16(20-11-17-12-21-17)10-19-8-15-7-13-3-4-14(15)6-13/h1,3-4,13-17H,5-12H2. The molecule has 4 heteroatoms. The van der Waals surface area contributed by atoms with Crippen molar-refractivity contribution in [1.82, 2.24) is 0 Å². The Morgan fingerprint density at radius 2 is 2.05 bits per heavy atom. The zero-order chi connectivity index (χ0) is 14.5. The third-order valence-electron chi connectivity index (χ3n) is 4.46. The average Bonchev–Trinajstić information content (AvgIpc) is 3.09. The Labute approximate surface area is 126 Å². The van der Waals surface area contributed by atoms with Crippen molar-refractivity contribution in [2.24, 2.45) is 17.8 Å². The highest BCUT2D eigenvalue weighted by Crippen LogP contribution is 2.43. The molecule has 0 spiro atoms. The highest BCUT2D eigenvalue weighted by molar-refractivity contribution is 5.09. The number of allylic oxidation sites excluding steroid dienone is 2. The van der Waals surface area contributed by atoms with Crippen LogP contribution >= 0.6 is 0 Å². The summed E-state index contributed by atoms with van der Waals surface area (Å²) in [4.78, 5) is 0. The van der Waals surface area contributed by atoms with Crippen LogP contribution in [-0.4, -0.2) is 51.8 Å². The van der Waals surface area contributed by atoms with Crippen molar-refractivity contribution in [1.29, 1.82) is 0 Å². The lowest BCUT2D eigenvalue weighted by Gasteiger charge is -2.21. The van der Waals surface area contributed by atoms with Crippen molar-refractivity contribution < 1.29 is 18.9 Å². The van der Waals surface area contributed by atoms with Crippen LogP contribution in [0.5, 0.6) is 0 Å². The molecular weight excluding hydrogens is 268 g/mol. The van der Waals surface area contributed by atoms with E-state index in [1.54, 1.807) is 0 Å². The SMILES string of the molecule is C#CCOCC(COCC1CC2C=CC1C2)OCC1CO1. The first-order valence-electron chi connectivity index (χ1n) is 7.85. The van der Waals surface area contributed by atoms with Crippen LogP contribution in [0.2, 0.25) is 0 Å². The van der Waals surface area contributed by atoms with Crippen LogP contribution < -0.4 is 0 Å². The molecule has 0 radical (unpaired) electrons. The van der Waals surface area contributed by atoms with Crippen molar-refractivity contribution in [2.45, 2.75) is 25.0 Å². The summed E-state index contributed by atoms with van der Waals surface area (Å²) in [5.74, 6) is 4.67. The fourth-order valence-electron chi connectivity index (χ4n) is 3.24. The van der Waals surface area contributed by atoms with Gasteiger partial charge in [0.2, 0.25) is 0 Å². The Hall–Kier alpha value is -0.860. The van der Waals surface area contributed by atoms with E-state index < -0.39 is 0 Å². The lowest BCUT2D eigenvalue weighted by atomic mass is 9.95. The summed E-state index contributed by atoms with van der Waals surface area (Å²) in [7, 11) is 0. The summed E-state index contributed by atoms with van der Waals surface area (Å²) in [5.41, 5.74) is 0. The Bertz CT molecular complexity index is 396. The second-order valence-electron chi connectivity index (χ2n) is 6.21. The quantitative estimate of drug-likeness (QED) is 0.266. The molecule has 5 unspecified atom stereocenters. The Morgan fingerprint density at radius 3 is 2.71 bits per heavy atom. The van der Waals surface area contributed by atoms with E-state index in [2.05, 4.69) is 18.1 Å². The number of hydrogen-bond acceptors (Lipinski definition) is 4. The maximum absolute atomic E-state index is 5.88. The predicted molar refractivity (Wildman–Crippen MR) is 78.8 cm³/mol. The first-order chi connectivity index (χ1) is 10.3.